The van der Waals surface area contributed by atoms with E-state index in [2.05, 4.69) is 33.1 Å². The average molecular weight is 522 g/mol. The first-order valence-corrected chi connectivity index (χ1v) is 12.8. The summed E-state index contributed by atoms with van der Waals surface area (Å²) in [6.45, 7) is 8.35. The van der Waals surface area contributed by atoms with Gasteiger partial charge in [0.1, 0.15) is 18.2 Å². The molecule has 4 N–H and O–H groups in total. The van der Waals surface area contributed by atoms with Gasteiger partial charge in [-0.1, -0.05) is 19.9 Å². The SMILES string of the molecule is CC1=CS(=O)(=O)OC1.COC(=O)Nc1cc(-c2ccc(OC[C@@](C)(N)CC(C)C)c(CO)c2)ccn1. The van der Waals surface area contributed by atoms with Gasteiger partial charge in [-0.05, 0) is 67.2 Å². The Labute approximate surface area is 212 Å². The molecule has 36 heavy (non-hydrogen) atoms. The van der Waals surface area contributed by atoms with Crippen molar-refractivity contribution in [2.75, 3.05) is 25.6 Å². The largest absolute Gasteiger partial charge is 0.491 e. The first kappa shape index (κ1) is 29.2. The minimum Gasteiger partial charge on any atom is -0.491 e. The van der Waals surface area contributed by atoms with Crippen molar-refractivity contribution in [1.82, 2.24) is 4.98 Å². The quantitative estimate of drug-likeness (QED) is 0.441. The lowest BCUT2D eigenvalue weighted by Gasteiger charge is -2.27. The van der Waals surface area contributed by atoms with Crippen LogP contribution >= 0.6 is 0 Å². The summed E-state index contributed by atoms with van der Waals surface area (Å²) < 4.78 is 35.5. The Kier molecular flexibility index (Phi) is 10.4. The number of pyridine rings is 1. The number of rotatable bonds is 8. The molecule has 1 aliphatic rings. The van der Waals surface area contributed by atoms with Gasteiger partial charge in [0.2, 0.25) is 0 Å². The third kappa shape index (κ3) is 9.57. The number of nitrogens with zero attached hydrogens (tertiary/aromatic N) is 1. The molecule has 0 spiro atoms. The molecule has 198 valence electrons. The Hall–Kier alpha value is -2.99. The van der Waals surface area contributed by atoms with Crippen LogP contribution in [0, 0.1) is 5.92 Å². The summed E-state index contributed by atoms with van der Waals surface area (Å²) in [6.07, 6.45) is 1.85. The van der Waals surface area contributed by atoms with Crippen molar-refractivity contribution >= 4 is 22.0 Å². The molecule has 0 radical (unpaired) electrons. The Morgan fingerprint density at radius 3 is 2.50 bits per heavy atom. The van der Waals surface area contributed by atoms with Crippen LogP contribution in [0.1, 0.15) is 39.7 Å². The zero-order valence-electron chi connectivity index (χ0n) is 21.3. The van der Waals surface area contributed by atoms with Crippen molar-refractivity contribution in [3.05, 3.63) is 53.1 Å². The lowest BCUT2D eigenvalue weighted by Crippen LogP contribution is -2.43. The second kappa shape index (κ2) is 12.8. The van der Waals surface area contributed by atoms with Crippen molar-refractivity contribution in [2.45, 2.75) is 46.3 Å². The average Bonchev–Trinajstić information content (AvgIpc) is 3.13. The molecule has 1 atom stereocenters. The zero-order chi connectivity index (χ0) is 26.9. The molecule has 11 heteroatoms. The number of hydrogen-bond donors (Lipinski definition) is 3. The summed E-state index contributed by atoms with van der Waals surface area (Å²) in [5.74, 6) is 1.45. The highest BCUT2D eigenvalue weighted by Gasteiger charge is 2.21. The number of ether oxygens (including phenoxy) is 2. The van der Waals surface area contributed by atoms with Crippen molar-refractivity contribution in [1.29, 1.82) is 0 Å². The molecular weight excluding hydrogens is 486 g/mol. The van der Waals surface area contributed by atoms with Gasteiger partial charge in [-0.2, -0.15) is 8.42 Å². The second-order valence-corrected chi connectivity index (χ2v) is 10.7. The molecule has 10 nitrogen and oxygen atoms in total. The minimum atomic E-state index is -3.26. The van der Waals surface area contributed by atoms with Gasteiger partial charge in [0.15, 0.2) is 0 Å². The molecule has 0 unspecified atom stereocenters. The fourth-order valence-electron chi connectivity index (χ4n) is 3.58. The van der Waals surface area contributed by atoms with Crippen LogP contribution in [-0.4, -0.2) is 50.5 Å². The van der Waals surface area contributed by atoms with Crippen LogP contribution in [0.5, 0.6) is 5.75 Å². The Morgan fingerprint density at radius 2 is 1.97 bits per heavy atom. The summed E-state index contributed by atoms with van der Waals surface area (Å²) in [5.41, 5.74) is 8.98. The van der Waals surface area contributed by atoms with E-state index in [1.807, 2.05) is 31.2 Å². The first-order chi connectivity index (χ1) is 16.8. The molecule has 0 fully saturated rings. The number of hydrogen-bond acceptors (Lipinski definition) is 9. The maximum atomic E-state index is 11.4. The lowest BCUT2D eigenvalue weighted by molar-refractivity contribution is 0.187. The maximum Gasteiger partial charge on any atom is 0.412 e. The van der Waals surface area contributed by atoms with Crippen molar-refractivity contribution in [2.24, 2.45) is 11.7 Å². The number of amides is 1. The molecule has 1 aromatic carbocycles. The summed E-state index contributed by atoms with van der Waals surface area (Å²) in [5, 5.41) is 13.4. The van der Waals surface area contributed by atoms with Gasteiger partial charge in [0.25, 0.3) is 10.1 Å². The van der Waals surface area contributed by atoms with Gasteiger partial charge in [0.05, 0.1) is 25.7 Å². The number of methoxy groups -OCH3 is 1. The zero-order valence-corrected chi connectivity index (χ0v) is 22.1. The van der Waals surface area contributed by atoms with Crippen LogP contribution in [0.3, 0.4) is 0 Å². The molecule has 0 aliphatic carbocycles. The van der Waals surface area contributed by atoms with Crippen molar-refractivity contribution in [3.63, 3.8) is 0 Å². The van der Waals surface area contributed by atoms with Crippen LogP contribution in [0.15, 0.2) is 47.5 Å². The Balaban J connectivity index is 0.000000482. The third-order valence-corrected chi connectivity index (χ3v) is 6.11. The van der Waals surface area contributed by atoms with Crippen LogP contribution in [0.4, 0.5) is 10.6 Å². The Bertz CT molecular complexity index is 1180. The summed E-state index contributed by atoms with van der Waals surface area (Å²) in [6, 6.07) is 9.11. The number of aliphatic hydroxyl groups is 1. The Morgan fingerprint density at radius 1 is 1.28 bits per heavy atom. The van der Waals surface area contributed by atoms with Crippen molar-refractivity contribution in [3.8, 4) is 16.9 Å². The summed E-state index contributed by atoms with van der Waals surface area (Å²) in [4.78, 5) is 15.5. The van der Waals surface area contributed by atoms with E-state index in [-0.39, 0.29) is 13.2 Å². The molecule has 1 aliphatic heterocycles. The maximum absolute atomic E-state index is 11.4. The standard InChI is InChI=1S/C21H29N3O4.C4H6O3S/c1-14(2)11-21(3,22)13-28-18-6-5-15(9-17(18)12-25)16-7-8-23-19(10-16)24-20(26)27-4;1-4-2-7-8(5,6)3-4/h5-10,14,25H,11-13,22H2,1-4H3,(H,23,24,26);3H,2H2,1H3/t21-;/m0./s1. The number of nitrogens with one attached hydrogen (secondary N) is 1. The van der Waals surface area contributed by atoms with E-state index in [1.54, 1.807) is 19.2 Å². The number of nitrogens with two attached hydrogens (primary N) is 1. The van der Waals surface area contributed by atoms with E-state index in [0.717, 1.165) is 28.5 Å². The number of aromatic nitrogens is 1. The van der Waals surface area contributed by atoms with E-state index in [0.29, 0.717) is 29.7 Å². The topological polar surface area (TPSA) is 150 Å². The van der Waals surface area contributed by atoms with Crippen LogP contribution in [0.2, 0.25) is 0 Å². The van der Waals surface area contributed by atoms with Crippen LogP contribution < -0.4 is 15.8 Å². The highest BCUT2D eigenvalue weighted by atomic mass is 32.2. The van der Waals surface area contributed by atoms with E-state index < -0.39 is 21.8 Å². The van der Waals surface area contributed by atoms with Crippen LogP contribution in [0.25, 0.3) is 11.1 Å². The van der Waals surface area contributed by atoms with E-state index in [9.17, 15) is 18.3 Å². The fourth-order valence-corrected chi connectivity index (χ4v) is 4.56. The van der Waals surface area contributed by atoms with E-state index in [4.69, 9.17) is 10.5 Å². The lowest BCUT2D eigenvalue weighted by atomic mass is 9.93. The van der Waals surface area contributed by atoms with Gasteiger partial charge in [-0.15, -0.1) is 0 Å². The van der Waals surface area contributed by atoms with Gasteiger partial charge in [-0.3, -0.25) is 9.50 Å². The fraction of sp³-hybridized carbons (Fsp3) is 0.440. The van der Waals surface area contributed by atoms with Gasteiger partial charge in [0, 0.05) is 17.3 Å². The molecule has 0 saturated carbocycles. The predicted octanol–water partition coefficient (Wildman–Crippen LogP) is 3.81. The van der Waals surface area contributed by atoms with E-state index in [1.165, 1.54) is 7.11 Å². The molecule has 1 amide bonds. The minimum absolute atomic E-state index is 0.160. The van der Waals surface area contributed by atoms with Gasteiger partial charge in [-0.25, -0.2) is 9.78 Å². The number of carbonyl (C=O) groups is 1. The molecule has 0 saturated heterocycles. The number of carbonyl (C=O) groups excluding carboxylic acids is 1. The number of benzene rings is 1. The molecule has 0 bridgehead atoms. The normalized spacial score (nSPS) is 15.8. The molecule has 3 rings (SSSR count). The second-order valence-electron chi connectivity index (χ2n) is 9.29. The first-order valence-electron chi connectivity index (χ1n) is 11.4. The summed E-state index contributed by atoms with van der Waals surface area (Å²) >= 11 is 0. The van der Waals surface area contributed by atoms with Gasteiger partial charge < -0.3 is 20.3 Å². The molecular formula is C25H35N3O7S. The van der Waals surface area contributed by atoms with E-state index >= 15 is 0 Å². The van der Waals surface area contributed by atoms with Crippen LogP contribution in [-0.2, 0) is 25.6 Å². The highest BCUT2D eigenvalue weighted by Crippen LogP contribution is 2.29. The summed E-state index contributed by atoms with van der Waals surface area (Å²) in [7, 11) is -1.97. The third-order valence-electron chi connectivity index (χ3n) is 4.97. The number of anilines is 1. The molecule has 2 aromatic rings. The molecule has 1 aromatic heterocycles. The van der Waals surface area contributed by atoms with Gasteiger partial charge >= 0.3 is 6.09 Å². The van der Waals surface area contributed by atoms with Crippen molar-refractivity contribution < 1.29 is 32.0 Å². The smallest absolute Gasteiger partial charge is 0.412 e. The monoisotopic (exact) mass is 521 g/mol. The highest BCUT2D eigenvalue weighted by molar-refractivity contribution is 7.89. The predicted molar refractivity (Wildman–Crippen MR) is 138 cm³/mol. The number of aliphatic hydroxyl groups excluding tert-OH is 1. The molecule has 2 heterocycles.